The van der Waals surface area contributed by atoms with Crippen molar-refractivity contribution < 1.29 is 9.59 Å². The number of rotatable bonds is 7. The van der Waals surface area contributed by atoms with Gasteiger partial charge in [0.05, 0.1) is 12.0 Å². The van der Waals surface area contributed by atoms with Crippen molar-refractivity contribution in [3.63, 3.8) is 0 Å². The minimum absolute atomic E-state index is 0.0509. The molecule has 2 amide bonds. The van der Waals surface area contributed by atoms with Gasteiger partial charge in [-0.25, -0.2) is 0 Å². The van der Waals surface area contributed by atoms with E-state index >= 15 is 0 Å². The van der Waals surface area contributed by atoms with Crippen LogP contribution in [0.5, 0.6) is 0 Å². The highest BCUT2D eigenvalue weighted by Gasteiger charge is 2.47. The van der Waals surface area contributed by atoms with E-state index in [4.69, 9.17) is 0 Å². The summed E-state index contributed by atoms with van der Waals surface area (Å²) < 4.78 is 0. The van der Waals surface area contributed by atoms with Gasteiger partial charge in [0.25, 0.3) is 5.91 Å². The average molecular weight is 466 g/mol. The number of fused-ring (bicyclic) bond motifs is 1. The molecule has 1 N–H and O–H groups in total. The number of hydrogen-bond donors (Lipinski definition) is 1. The lowest BCUT2D eigenvalue weighted by Gasteiger charge is -2.44. The number of likely N-dealkylation sites (tertiary alicyclic amines) is 1. The number of amides is 2. The van der Waals surface area contributed by atoms with Gasteiger partial charge in [0.1, 0.15) is 0 Å². The highest BCUT2D eigenvalue weighted by Crippen LogP contribution is 2.47. The van der Waals surface area contributed by atoms with E-state index in [1.54, 1.807) is 11.3 Å². The van der Waals surface area contributed by atoms with Crippen molar-refractivity contribution in [3.05, 3.63) is 57.8 Å². The van der Waals surface area contributed by atoms with Gasteiger partial charge in [0, 0.05) is 23.0 Å². The van der Waals surface area contributed by atoms with Crippen molar-refractivity contribution in [1.82, 2.24) is 15.1 Å². The number of carbonyl (C=O) groups is 2. The summed E-state index contributed by atoms with van der Waals surface area (Å²) in [5.41, 5.74) is 1.58. The van der Waals surface area contributed by atoms with Crippen LogP contribution in [0.2, 0.25) is 0 Å². The van der Waals surface area contributed by atoms with Crippen LogP contribution in [0, 0.1) is 0 Å². The number of nitrogens with one attached hydrogen (secondary N) is 1. The summed E-state index contributed by atoms with van der Waals surface area (Å²) in [7, 11) is 0. The summed E-state index contributed by atoms with van der Waals surface area (Å²) in [5, 5.41) is 5.31. The maximum Gasteiger partial charge on any atom is 0.254 e. The monoisotopic (exact) mass is 465 g/mol. The van der Waals surface area contributed by atoms with Crippen LogP contribution in [0.15, 0.2) is 41.8 Å². The van der Waals surface area contributed by atoms with E-state index in [1.807, 2.05) is 30.3 Å². The van der Waals surface area contributed by atoms with Gasteiger partial charge in [0.15, 0.2) is 0 Å². The minimum atomic E-state index is -0.367. The molecule has 2 aliphatic heterocycles. The summed E-state index contributed by atoms with van der Waals surface area (Å²) in [6.45, 7) is 4.09. The number of nitrogens with zero attached hydrogens (tertiary/aromatic N) is 2. The van der Waals surface area contributed by atoms with E-state index in [0.29, 0.717) is 12.1 Å². The Morgan fingerprint density at radius 3 is 2.55 bits per heavy atom. The quantitative estimate of drug-likeness (QED) is 0.588. The predicted molar refractivity (Wildman–Crippen MR) is 133 cm³/mol. The Balaban J connectivity index is 1.39. The average Bonchev–Trinajstić information content (AvgIpc) is 3.57. The van der Waals surface area contributed by atoms with Crippen molar-refractivity contribution in [1.29, 1.82) is 0 Å². The van der Waals surface area contributed by atoms with Crippen LogP contribution in [0.25, 0.3) is 0 Å². The molecule has 33 heavy (non-hydrogen) atoms. The summed E-state index contributed by atoms with van der Waals surface area (Å²) in [6, 6.07) is 11.9. The molecule has 0 radical (unpaired) electrons. The Morgan fingerprint density at radius 2 is 1.79 bits per heavy atom. The predicted octanol–water partition coefficient (Wildman–Crippen LogP) is 4.96. The molecule has 2 fully saturated rings. The van der Waals surface area contributed by atoms with Crippen LogP contribution in [0.3, 0.4) is 0 Å². The molecule has 5 nitrogen and oxygen atoms in total. The fourth-order valence-corrected chi connectivity index (χ4v) is 6.85. The van der Waals surface area contributed by atoms with Crippen molar-refractivity contribution in [3.8, 4) is 0 Å². The molecule has 5 rings (SSSR count). The largest absolute Gasteiger partial charge is 0.355 e. The summed E-state index contributed by atoms with van der Waals surface area (Å²) >= 11 is 1.66. The lowest BCUT2D eigenvalue weighted by Crippen LogP contribution is -2.50. The van der Waals surface area contributed by atoms with Crippen LogP contribution < -0.4 is 5.32 Å². The highest BCUT2D eigenvalue weighted by molar-refractivity contribution is 7.10. The first-order chi connectivity index (χ1) is 16.2. The molecule has 3 aliphatic rings. The third kappa shape index (κ3) is 4.73. The van der Waals surface area contributed by atoms with Crippen molar-refractivity contribution in [2.24, 2.45) is 0 Å². The number of benzene rings is 1. The first-order valence-electron chi connectivity index (χ1n) is 12.7. The van der Waals surface area contributed by atoms with E-state index in [2.05, 4.69) is 26.6 Å². The molecule has 1 aliphatic carbocycles. The Kier molecular flexibility index (Phi) is 7.12. The fourth-order valence-electron chi connectivity index (χ4n) is 5.99. The van der Waals surface area contributed by atoms with Gasteiger partial charge in [-0.05, 0) is 74.8 Å². The van der Waals surface area contributed by atoms with Gasteiger partial charge in [-0.3, -0.25) is 9.59 Å². The molecule has 6 heteroatoms. The van der Waals surface area contributed by atoms with Crippen LogP contribution >= 0.6 is 11.3 Å². The molecule has 2 atom stereocenters. The summed E-state index contributed by atoms with van der Waals surface area (Å²) in [6.07, 6.45) is 9.25. The molecule has 1 saturated heterocycles. The van der Waals surface area contributed by atoms with Crippen molar-refractivity contribution in [2.75, 3.05) is 26.2 Å². The third-order valence-electron chi connectivity index (χ3n) is 7.61. The van der Waals surface area contributed by atoms with Crippen LogP contribution in [0.1, 0.15) is 84.1 Å². The zero-order valence-electron chi connectivity index (χ0n) is 19.4. The van der Waals surface area contributed by atoms with E-state index < -0.39 is 0 Å². The molecule has 3 heterocycles. The molecular formula is C27H35N3O2S. The molecule has 1 saturated carbocycles. The van der Waals surface area contributed by atoms with Gasteiger partial charge in [-0.1, -0.05) is 43.5 Å². The van der Waals surface area contributed by atoms with Gasteiger partial charge < -0.3 is 15.1 Å². The molecule has 2 aromatic rings. The number of hydrogen-bond acceptors (Lipinski definition) is 4. The Labute approximate surface area is 201 Å². The molecule has 2 unspecified atom stereocenters. The standard InChI is InChI=1S/C27H35N3O2S/c31-26(28-15-9-18-29-16-6-1-7-17-29)24-21-12-4-5-13-22(21)27(32)30(20-10-2-3-11-20)25(24)23-14-8-19-33-23/h4-5,8,12-14,19-20,24-25H,1-3,6-7,9-11,15-18H2,(H,28,31). The number of thiophene rings is 1. The topological polar surface area (TPSA) is 52.7 Å². The summed E-state index contributed by atoms with van der Waals surface area (Å²) in [5.74, 6) is -0.229. The van der Waals surface area contributed by atoms with Gasteiger partial charge in [-0.15, -0.1) is 11.3 Å². The zero-order chi connectivity index (χ0) is 22.6. The Morgan fingerprint density at radius 1 is 1.00 bits per heavy atom. The fraction of sp³-hybridized carbons (Fsp3) is 0.556. The zero-order valence-corrected chi connectivity index (χ0v) is 20.2. The van der Waals surface area contributed by atoms with E-state index in [1.165, 1.54) is 32.4 Å². The molecule has 0 bridgehead atoms. The first-order valence-corrected chi connectivity index (χ1v) is 13.6. The lowest BCUT2D eigenvalue weighted by atomic mass is 9.80. The third-order valence-corrected chi connectivity index (χ3v) is 8.55. The van der Waals surface area contributed by atoms with Crippen LogP contribution in [-0.4, -0.2) is 53.8 Å². The summed E-state index contributed by atoms with van der Waals surface area (Å²) in [4.78, 5) is 33.1. The van der Waals surface area contributed by atoms with Gasteiger partial charge in [0.2, 0.25) is 5.91 Å². The van der Waals surface area contributed by atoms with E-state index in [0.717, 1.165) is 49.1 Å². The number of carbonyl (C=O) groups excluding carboxylic acids is 2. The molecular weight excluding hydrogens is 430 g/mol. The van der Waals surface area contributed by atoms with Crippen molar-refractivity contribution in [2.45, 2.75) is 69.4 Å². The normalized spacial score (nSPS) is 24.1. The van der Waals surface area contributed by atoms with Crippen LogP contribution in [0.4, 0.5) is 0 Å². The first kappa shape index (κ1) is 22.6. The van der Waals surface area contributed by atoms with Gasteiger partial charge in [-0.2, -0.15) is 0 Å². The molecule has 176 valence electrons. The van der Waals surface area contributed by atoms with Gasteiger partial charge >= 0.3 is 0 Å². The minimum Gasteiger partial charge on any atom is -0.355 e. The second kappa shape index (κ2) is 10.4. The molecule has 1 aromatic heterocycles. The van der Waals surface area contributed by atoms with Crippen molar-refractivity contribution >= 4 is 23.2 Å². The van der Waals surface area contributed by atoms with Crippen LogP contribution in [-0.2, 0) is 4.79 Å². The maximum absolute atomic E-state index is 13.7. The second-order valence-corrected chi connectivity index (χ2v) is 10.7. The van der Waals surface area contributed by atoms with E-state index in [-0.39, 0.29) is 29.8 Å². The Bertz CT molecular complexity index is 948. The highest BCUT2D eigenvalue weighted by atomic mass is 32.1. The molecule has 1 aromatic carbocycles. The smallest absolute Gasteiger partial charge is 0.254 e. The Hall–Kier alpha value is -2.18. The number of piperidine rings is 1. The maximum atomic E-state index is 13.7. The SMILES string of the molecule is O=C(NCCCN1CCCCC1)C1c2ccccc2C(=O)N(C2CCCC2)C1c1cccs1. The molecule has 0 spiro atoms. The lowest BCUT2D eigenvalue weighted by molar-refractivity contribution is -0.124. The van der Waals surface area contributed by atoms with E-state index in [9.17, 15) is 9.59 Å². The second-order valence-electron chi connectivity index (χ2n) is 9.72.